The van der Waals surface area contributed by atoms with Gasteiger partial charge in [0.2, 0.25) is 0 Å². The van der Waals surface area contributed by atoms with E-state index in [4.69, 9.17) is 0 Å². The van der Waals surface area contributed by atoms with Gasteiger partial charge in [-0.1, -0.05) is 91.9 Å². The molecular formula is C20H40O2. The highest BCUT2D eigenvalue weighted by atomic mass is 16.3. The predicted octanol–water partition coefficient (Wildman–Crippen LogP) is 5.77. The van der Waals surface area contributed by atoms with E-state index in [9.17, 15) is 9.90 Å². The van der Waals surface area contributed by atoms with Crippen molar-refractivity contribution < 1.29 is 9.90 Å². The molecule has 0 saturated heterocycles. The molecule has 0 bridgehead atoms. The van der Waals surface area contributed by atoms with Gasteiger partial charge in [-0.2, -0.15) is 0 Å². The topological polar surface area (TPSA) is 37.3 Å². The second-order valence-electron chi connectivity index (χ2n) is 7.62. The minimum Gasteiger partial charge on any atom is -0.392 e. The van der Waals surface area contributed by atoms with Crippen LogP contribution in [0.1, 0.15) is 98.3 Å². The lowest BCUT2D eigenvalue weighted by atomic mass is 9.90. The summed E-state index contributed by atoms with van der Waals surface area (Å²) in [5.41, 5.74) is 0. The van der Waals surface area contributed by atoms with Gasteiger partial charge in [0.05, 0.1) is 6.10 Å². The monoisotopic (exact) mass is 312 g/mol. The smallest absolute Gasteiger partial charge is 0.125 e. The maximum atomic E-state index is 10.7. The van der Waals surface area contributed by atoms with Crippen molar-refractivity contribution in [1.29, 1.82) is 0 Å². The predicted molar refractivity (Wildman–Crippen MR) is 96.0 cm³/mol. The molecule has 0 saturated carbocycles. The molecule has 2 nitrogen and oxygen atoms in total. The summed E-state index contributed by atoms with van der Waals surface area (Å²) < 4.78 is 0. The summed E-state index contributed by atoms with van der Waals surface area (Å²) in [6, 6.07) is 0. The molecule has 0 heterocycles. The van der Waals surface area contributed by atoms with E-state index in [2.05, 4.69) is 20.8 Å². The Balaban J connectivity index is 3.31. The van der Waals surface area contributed by atoms with Gasteiger partial charge in [-0.05, 0) is 18.3 Å². The molecule has 0 aromatic carbocycles. The number of hydrogen-bond donors (Lipinski definition) is 1. The summed E-state index contributed by atoms with van der Waals surface area (Å²) in [7, 11) is 0. The van der Waals surface area contributed by atoms with Crippen LogP contribution in [0.25, 0.3) is 0 Å². The Labute approximate surface area is 139 Å². The maximum absolute atomic E-state index is 10.7. The lowest BCUT2D eigenvalue weighted by Gasteiger charge is -2.21. The van der Waals surface area contributed by atoms with Crippen molar-refractivity contribution in [1.82, 2.24) is 0 Å². The minimum atomic E-state index is -0.469. The standard InChI is InChI=1S/C20H40O2/c1-17(2)14-12-10-8-6-5-7-9-11-13-15-18(3)20(22)19(4)16-21/h16-20,22H,5-15H2,1-4H3/t18-,19-,20+/m1/s1. The zero-order valence-electron chi connectivity index (χ0n) is 15.5. The molecule has 0 aromatic heterocycles. The highest BCUT2D eigenvalue weighted by Crippen LogP contribution is 2.19. The molecule has 2 heteroatoms. The first kappa shape index (κ1) is 21.6. The molecule has 3 atom stereocenters. The van der Waals surface area contributed by atoms with Crippen molar-refractivity contribution in [2.75, 3.05) is 0 Å². The number of rotatable bonds is 15. The number of aliphatic hydroxyl groups excluding tert-OH is 1. The lowest BCUT2D eigenvalue weighted by molar-refractivity contribution is -0.114. The van der Waals surface area contributed by atoms with E-state index in [1.807, 2.05) is 0 Å². The zero-order valence-corrected chi connectivity index (χ0v) is 15.5. The molecule has 1 N–H and O–H groups in total. The third-order valence-corrected chi connectivity index (χ3v) is 4.78. The molecule has 0 unspecified atom stereocenters. The quantitative estimate of drug-likeness (QED) is 0.308. The number of carbonyl (C=O) groups is 1. The summed E-state index contributed by atoms with van der Waals surface area (Å²) in [4.78, 5) is 10.7. The molecule has 0 spiro atoms. The molecule has 0 radical (unpaired) electrons. The molecule has 0 aliphatic carbocycles. The van der Waals surface area contributed by atoms with Crippen LogP contribution in [0.2, 0.25) is 0 Å². The summed E-state index contributed by atoms with van der Waals surface area (Å²) >= 11 is 0. The molecule has 22 heavy (non-hydrogen) atoms. The van der Waals surface area contributed by atoms with Crippen molar-refractivity contribution >= 4 is 6.29 Å². The number of aldehydes is 1. The van der Waals surface area contributed by atoms with Crippen LogP contribution in [-0.4, -0.2) is 17.5 Å². The van der Waals surface area contributed by atoms with E-state index in [1.54, 1.807) is 6.92 Å². The van der Waals surface area contributed by atoms with Crippen molar-refractivity contribution in [2.45, 2.75) is 104 Å². The van der Waals surface area contributed by atoms with Crippen molar-refractivity contribution in [3.63, 3.8) is 0 Å². The van der Waals surface area contributed by atoms with Crippen molar-refractivity contribution in [2.24, 2.45) is 17.8 Å². The third kappa shape index (κ3) is 12.2. The van der Waals surface area contributed by atoms with E-state index >= 15 is 0 Å². The van der Waals surface area contributed by atoms with Gasteiger partial charge >= 0.3 is 0 Å². The summed E-state index contributed by atoms with van der Waals surface area (Å²) in [5, 5.41) is 9.93. The first-order valence-corrected chi connectivity index (χ1v) is 9.62. The van der Waals surface area contributed by atoms with Crippen LogP contribution in [-0.2, 0) is 4.79 Å². The van der Waals surface area contributed by atoms with Gasteiger partial charge in [0.15, 0.2) is 0 Å². The number of hydrogen-bond acceptors (Lipinski definition) is 2. The molecule has 132 valence electrons. The third-order valence-electron chi connectivity index (χ3n) is 4.78. The molecule has 0 aromatic rings. The van der Waals surface area contributed by atoms with Gasteiger partial charge in [0.1, 0.15) is 6.29 Å². The molecule has 0 rings (SSSR count). The van der Waals surface area contributed by atoms with Crippen LogP contribution in [0.3, 0.4) is 0 Å². The van der Waals surface area contributed by atoms with Gasteiger partial charge in [-0.25, -0.2) is 0 Å². The van der Waals surface area contributed by atoms with Gasteiger partial charge in [-0.3, -0.25) is 0 Å². The first-order chi connectivity index (χ1) is 10.5. The zero-order chi connectivity index (χ0) is 16.8. The van der Waals surface area contributed by atoms with Gasteiger partial charge in [0.25, 0.3) is 0 Å². The van der Waals surface area contributed by atoms with Crippen LogP contribution in [0.4, 0.5) is 0 Å². The Morgan fingerprint density at radius 2 is 1.14 bits per heavy atom. The fourth-order valence-corrected chi connectivity index (χ4v) is 3.03. The van der Waals surface area contributed by atoms with Gasteiger partial charge in [-0.15, -0.1) is 0 Å². The summed E-state index contributed by atoms with van der Waals surface area (Å²) in [6.07, 6.45) is 14.9. The highest BCUT2D eigenvalue weighted by Gasteiger charge is 2.19. The molecule has 0 fully saturated rings. The summed E-state index contributed by atoms with van der Waals surface area (Å²) in [6.45, 7) is 8.47. The number of aliphatic hydroxyl groups is 1. The molecule has 0 aliphatic rings. The summed E-state index contributed by atoms with van der Waals surface area (Å²) in [5.74, 6) is 0.863. The molecular weight excluding hydrogens is 272 g/mol. The average molecular weight is 313 g/mol. The lowest BCUT2D eigenvalue weighted by Crippen LogP contribution is -2.26. The van der Waals surface area contributed by atoms with E-state index in [0.29, 0.717) is 0 Å². The van der Waals surface area contributed by atoms with Crippen LogP contribution < -0.4 is 0 Å². The normalized spacial score (nSPS) is 15.7. The first-order valence-electron chi connectivity index (χ1n) is 9.62. The van der Waals surface area contributed by atoms with Crippen molar-refractivity contribution in [3.8, 4) is 0 Å². The van der Waals surface area contributed by atoms with Gasteiger partial charge < -0.3 is 9.90 Å². The highest BCUT2D eigenvalue weighted by molar-refractivity contribution is 5.53. The van der Waals surface area contributed by atoms with Crippen molar-refractivity contribution in [3.05, 3.63) is 0 Å². The maximum Gasteiger partial charge on any atom is 0.125 e. The second-order valence-corrected chi connectivity index (χ2v) is 7.62. The van der Waals surface area contributed by atoms with Crippen LogP contribution in [0, 0.1) is 17.8 Å². The Kier molecular flexibility index (Phi) is 14.0. The van der Waals surface area contributed by atoms with E-state index < -0.39 is 6.10 Å². The van der Waals surface area contributed by atoms with E-state index in [0.717, 1.165) is 18.6 Å². The largest absolute Gasteiger partial charge is 0.392 e. The number of carbonyl (C=O) groups excluding carboxylic acids is 1. The fourth-order valence-electron chi connectivity index (χ4n) is 3.03. The van der Waals surface area contributed by atoms with Crippen LogP contribution in [0.15, 0.2) is 0 Å². The SMILES string of the molecule is CC(C)CCCCCCCCCCC[C@@H](C)[C@H](O)[C@H](C)C=O. The second kappa shape index (κ2) is 14.2. The average Bonchev–Trinajstić information content (AvgIpc) is 2.50. The minimum absolute atomic E-state index is 0.231. The van der Waals surface area contributed by atoms with Crippen LogP contribution >= 0.6 is 0 Å². The Morgan fingerprint density at radius 1 is 0.727 bits per heavy atom. The molecule has 0 amide bonds. The van der Waals surface area contributed by atoms with Gasteiger partial charge in [0, 0.05) is 5.92 Å². The number of unbranched alkanes of at least 4 members (excludes halogenated alkanes) is 8. The van der Waals surface area contributed by atoms with E-state index in [1.165, 1.54) is 64.2 Å². The Hall–Kier alpha value is -0.370. The molecule has 0 aliphatic heterocycles. The van der Waals surface area contributed by atoms with E-state index in [-0.39, 0.29) is 11.8 Å². The Morgan fingerprint density at radius 3 is 1.55 bits per heavy atom. The Bertz CT molecular complexity index is 250. The van der Waals surface area contributed by atoms with Crippen LogP contribution in [0.5, 0.6) is 0 Å². The fraction of sp³-hybridized carbons (Fsp3) is 0.950.